The van der Waals surface area contributed by atoms with Crippen LogP contribution in [0.4, 0.5) is 10.2 Å². The van der Waals surface area contributed by atoms with Gasteiger partial charge in [-0.05, 0) is 48.6 Å². The van der Waals surface area contributed by atoms with E-state index in [-0.39, 0.29) is 23.9 Å². The third-order valence-corrected chi connectivity index (χ3v) is 4.69. The molecule has 0 fully saturated rings. The maximum Gasteiger partial charge on any atom is 0.243 e. The number of unbranched alkanes of at least 4 members (excludes halogenated alkanes) is 1. The van der Waals surface area contributed by atoms with E-state index < -0.39 is 11.7 Å². The maximum absolute atomic E-state index is 13.5. The average Bonchev–Trinajstić information content (AvgIpc) is 2.66. The number of carbonyl (C=O) groups excluding carboxylic acids is 1. The smallest absolute Gasteiger partial charge is 0.243 e. The van der Waals surface area contributed by atoms with Gasteiger partial charge in [0.25, 0.3) is 0 Å². The van der Waals surface area contributed by atoms with E-state index in [1.54, 1.807) is 17.7 Å². The summed E-state index contributed by atoms with van der Waals surface area (Å²) in [6.07, 6.45) is 4.27. The van der Waals surface area contributed by atoms with E-state index in [0.29, 0.717) is 35.6 Å². The van der Waals surface area contributed by atoms with Crippen molar-refractivity contribution in [2.75, 3.05) is 12.3 Å². The lowest BCUT2D eigenvalue weighted by Gasteiger charge is -2.12. The molecule has 146 valence electrons. The number of nitrogens with two attached hydrogens (primary N) is 1. The van der Waals surface area contributed by atoms with Crippen molar-refractivity contribution >= 4 is 34.9 Å². The number of aryl methyl sites for hydroxylation is 1. The number of halogens is 3. The molecule has 0 bridgehead atoms. The quantitative estimate of drug-likeness (QED) is 0.249. The molecule has 0 radical (unpaired) electrons. The van der Waals surface area contributed by atoms with Crippen molar-refractivity contribution < 1.29 is 19.1 Å². The lowest BCUT2D eigenvalue weighted by Crippen LogP contribution is -2.17. The van der Waals surface area contributed by atoms with Crippen molar-refractivity contribution in [2.45, 2.75) is 32.1 Å². The molecule has 1 heterocycles. The van der Waals surface area contributed by atoms with Crippen molar-refractivity contribution in [1.82, 2.24) is 10.5 Å². The van der Waals surface area contributed by atoms with E-state index >= 15 is 0 Å². The SMILES string of the molecule is Nc1ncc(CCCCC(=O)NO)cc1OCCc1c(Cl)ccc(F)c1Cl. The predicted molar refractivity (Wildman–Crippen MR) is 102 cm³/mol. The highest BCUT2D eigenvalue weighted by Crippen LogP contribution is 2.28. The Morgan fingerprint density at radius 2 is 2.07 bits per heavy atom. The van der Waals surface area contributed by atoms with Crippen LogP contribution in [-0.2, 0) is 17.6 Å². The summed E-state index contributed by atoms with van der Waals surface area (Å²) in [6.45, 7) is 0.203. The van der Waals surface area contributed by atoms with Crippen molar-refractivity contribution in [3.63, 3.8) is 0 Å². The Morgan fingerprint density at radius 1 is 1.30 bits per heavy atom. The second-order valence-electron chi connectivity index (χ2n) is 5.89. The predicted octanol–water partition coefficient (Wildman–Crippen LogP) is 3.95. The van der Waals surface area contributed by atoms with E-state index in [9.17, 15) is 9.18 Å². The van der Waals surface area contributed by atoms with Crippen LogP contribution in [0.1, 0.15) is 30.4 Å². The van der Waals surface area contributed by atoms with Gasteiger partial charge in [-0.25, -0.2) is 14.9 Å². The molecule has 4 N–H and O–H groups in total. The Labute approximate surface area is 166 Å². The number of anilines is 1. The molecule has 9 heteroatoms. The first-order valence-electron chi connectivity index (χ1n) is 8.35. The minimum Gasteiger partial charge on any atom is -0.489 e. The Balaban J connectivity index is 1.91. The molecule has 27 heavy (non-hydrogen) atoms. The van der Waals surface area contributed by atoms with E-state index in [2.05, 4.69) is 4.98 Å². The summed E-state index contributed by atoms with van der Waals surface area (Å²) in [7, 11) is 0. The highest BCUT2D eigenvalue weighted by Gasteiger charge is 2.12. The van der Waals surface area contributed by atoms with Crippen LogP contribution in [0.3, 0.4) is 0 Å². The molecule has 2 aromatic rings. The number of ether oxygens (including phenoxy) is 1. The summed E-state index contributed by atoms with van der Waals surface area (Å²) in [4.78, 5) is 15.1. The van der Waals surface area contributed by atoms with Crippen LogP contribution in [-0.4, -0.2) is 22.7 Å². The van der Waals surface area contributed by atoms with E-state index in [4.69, 9.17) is 38.9 Å². The number of amides is 1. The molecule has 0 aliphatic heterocycles. The van der Waals surface area contributed by atoms with Crippen LogP contribution in [0.5, 0.6) is 5.75 Å². The normalized spacial score (nSPS) is 10.7. The van der Waals surface area contributed by atoms with Gasteiger partial charge in [0, 0.05) is 24.1 Å². The van der Waals surface area contributed by atoms with E-state index in [1.165, 1.54) is 12.1 Å². The number of hydrogen-bond acceptors (Lipinski definition) is 5. The van der Waals surface area contributed by atoms with Gasteiger partial charge >= 0.3 is 0 Å². The van der Waals surface area contributed by atoms with Crippen LogP contribution in [0.2, 0.25) is 10.0 Å². The third-order valence-electron chi connectivity index (χ3n) is 3.93. The minimum atomic E-state index is -0.533. The number of nitrogens with one attached hydrogen (secondary N) is 1. The second-order valence-corrected chi connectivity index (χ2v) is 6.67. The fraction of sp³-hybridized carbons (Fsp3) is 0.333. The molecular formula is C18H20Cl2FN3O3. The van der Waals surface area contributed by atoms with Gasteiger partial charge in [0.1, 0.15) is 5.82 Å². The number of carbonyl (C=O) groups is 1. The highest BCUT2D eigenvalue weighted by atomic mass is 35.5. The third kappa shape index (κ3) is 6.23. The van der Waals surface area contributed by atoms with Crippen LogP contribution in [0.25, 0.3) is 0 Å². The van der Waals surface area contributed by atoms with E-state index in [0.717, 1.165) is 12.0 Å². The van der Waals surface area contributed by atoms with Crippen LogP contribution in [0, 0.1) is 5.82 Å². The maximum atomic E-state index is 13.5. The summed E-state index contributed by atoms with van der Waals surface area (Å²) in [6, 6.07) is 4.44. The topological polar surface area (TPSA) is 97.5 Å². The summed E-state index contributed by atoms with van der Waals surface area (Å²) < 4.78 is 19.2. The Morgan fingerprint density at radius 3 is 2.81 bits per heavy atom. The van der Waals surface area contributed by atoms with Crippen molar-refractivity contribution in [1.29, 1.82) is 0 Å². The monoisotopic (exact) mass is 415 g/mol. The number of hydrogen-bond donors (Lipinski definition) is 3. The Kier molecular flexibility index (Phi) is 8.09. The number of aromatic nitrogens is 1. The second kappa shape index (κ2) is 10.3. The molecule has 1 aromatic carbocycles. The van der Waals surface area contributed by atoms with Crippen LogP contribution < -0.4 is 16.0 Å². The molecule has 0 aliphatic carbocycles. The van der Waals surface area contributed by atoms with Gasteiger partial charge in [-0.1, -0.05) is 23.2 Å². The molecule has 6 nitrogen and oxygen atoms in total. The fourth-order valence-electron chi connectivity index (χ4n) is 2.48. The first-order valence-corrected chi connectivity index (χ1v) is 9.10. The van der Waals surface area contributed by atoms with Crippen LogP contribution in [0.15, 0.2) is 24.4 Å². The molecule has 0 saturated carbocycles. The van der Waals surface area contributed by atoms with Gasteiger partial charge in [-0.15, -0.1) is 0 Å². The lowest BCUT2D eigenvalue weighted by atomic mass is 10.1. The van der Waals surface area contributed by atoms with Crippen LogP contribution >= 0.6 is 23.2 Å². The van der Waals surface area contributed by atoms with Gasteiger partial charge in [0.15, 0.2) is 11.6 Å². The minimum absolute atomic E-state index is 0.0159. The van der Waals surface area contributed by atoms with Crippen molar-refractivity contribution in [3.8, 4) is 5.75 Å². The zero-order valence-corrected chi connectivity index (χ0v) is 16.0. The molecule has 0 saturated heterocycles. The van der Waals surface area contributed by atoms with Crippen molar-refractivity contribution in [2.24, 2.45) is 0 Å². The Bertz CT molecular complexity index is 806. The van der Waals surface area contributed by atoms with Gasteiger partial charge in [0.05, 0.1) is 11.6 Å². The van der Waals surface area contributed by atoms with Crippen molar-refractivity contribution in [3.05, 3.63) is 51.4 Å². The lowest BCUT2D eigenvalue weighted by molar-refractivity contribution is -0.129. The zero-order chi connectivity index (χ0) is 19.8. The molecule has 1 amide bonds. The average molecular weight is 416 g/mol. The van der Waals surface area contributed by atoms with Gasteiger partial charge < -0.3 is 10.5 Å². The first-order chi connectivity index (χ1) is 12.9. The standard InChI is InChI=1S/C18H20Cl2FN3O3/c19-13-5-6-14(21)17(20)12(13)7-8-27-15-9-11(10-23-18(15)22)3-1-2-4-16(25)24-26/h5-6,9-10,26H,1-4,7-8H2,(H2,22,23)(H,24,25). The van der Waals surface area contributed by atoms with Gasteiger partial charge in [-0.3, -0.25) is 10.0 Å². The Hall–Kier alpha value is -2.09. The summed E-state index contributed by atoms with van der Waals surface area (Å²) in [5.74, 6) is -0.280. The van der Waals surface area contributed by atoms with Gasteiger partial charge in [0.2, 0.25) is 5.91 Å². The number of hydroxylamine groups is 1. The molecule has 0 aliphatic rings. The number of pyridine rings is 1. The highest BCUT2D eigenvalue weighted by molar-refractivity contribution is 6.36. The number of nitrogen functional groups attached to an aromatic ring is 1. The van der Waals surface area contributed by atoms with E-state index in [1.807, 2.05) is 0 Å². The fourth-order valence-corrected chi connectivity index (χ4v) is 3.04. The molecule has 2 rings (SSSR count). The van der Waals surface area contributed by atoms with Gasteiger partial charge in [-0.2, -0.15) is 0 Å². The molecular weight excluding hydrogens is 396 g/mol. The largest absolute Gasteiger partial charge is 0.489 e. The zero-order valence-electron chi connectivity index (χ0n) is 14.5. The molecule has 0 unspecified atom stereocenters. The number of benzene rings is 1. The summed E-state index contributed by atoms with van der Waals surface area (Å²) in [5, 5.41) is 8.81. The molecule has 0 atom stereocenters. The molecule has 0 spiro atoms. The summed E-state index contributed by atoms with van der Waals surface area (Å²) in [5.41, 5.74) is 8.82. The molecule has 1 aromatic heterocycles. The first kappa shape index (κ1) is 21.2. The number of nitrogens with zero attached hydrogens (tertiary/aromatic N) is 1. The number of rotatable bonds is 9. The summed E-state index contributed by atoms with van der Waals surface area (Å²) >= 11 is 12.0.